The number of benzene rings is 1. The average Bonchev–Trinajstić information content (AvgIpc) is 2.25. The summed E-state index contributed by atoms with van der Waals surface area (Å²) >= 11 is 0. The monoisotopic (exact) mass is 249 g/mol. The molecule has 0 unspecified atom stereocenters. The molecule has 1 aromatic rings. The first-order chi connectivity index (χ1) is 8.29. The lowest BCUT2D eigenvalue weighted by Gasteiger charge is -2.18. The van der Waals surface area contributed by atoms with Crippen molar-refractivity contribution in [2.45, 2.75) is 46.3 Å². The highest BCUT2D eigenvalue weighted by Crippen LogP contribution is 2.19. The van der Waals surface area contributed by atoms with E-state index in [2.05, 4.69) is 5.32 Å². The Morgan fingerprint density at radius 1 is 1.28 bits per heavy atom. The van der Waals surface area contributed by atoms with Crippen molar-refractivity contribution in [3.05, 3.63) is 35.4 Å². The molecule has 3 nitrogen and oxygen atoms in total. The number of rotatable bonds is 5. The summed E-state index contributed by atoms with van der Waals surface area (Å²) < 4.78 is 0. The molecular weight excluding hydrogens is 226 g/mol. The van der Waals surface area contributed by atoms with E-state index in [1.165, 1.54) is 0 Å². The van der Waals surface area contributed by atoms with Crippen LogP contribution in [0, 0.1) is 5.92 Å². The van der Waals surface area contributed by atoms with E-state index in [9.17, 15) is 9.90 Å². The topological polar surface area (TPSA) is 49.3 Å². The second kappa shape index (κ2) is 6.01. The van der Waals surface area contributed by atoms with Crippen LogP contribution in [-0.2, 0) is 16.9 Å². The van der Waals surface area contributed by atoms with Crippen LogP contribution in [0.3, 0.4) is 0 Å². The summed E-state index contributed by atoms with van der Waals surface area (Å²) in [5.74, 6) is 0.458. The van der Waals surface area contributed by atoms with Crippen molar-refractivity contribution < 1.29 is 9.90 Å². The van der Waals surface area contributed by atoms with Gasteiger partial charge in [0.15, 0.2) is 0 Å². The zero-order valence-electron chi connectivity index (χ0n) is 11.7. The fourth-order valence-corrected chi connectivity index (χ4v) is 1.67. The van der Waals surface area contributed by atoms with Gasteiger partial charge in [0, 0.05) is 13.0 Å². The van der Waals surface area contributed by atoms with Gasteiger partial charge in [0.2, 0.25) is 5.91 Å². The van der Waals surface area contributed by atoms with Gasteiger partial charge in [0.1, 0.15) is 0 Å². The molecule has 18 heavy (non-hydrogen) atoms. The summed E-state index contributed by atoms with van der Waals surface area (Å²) in [4.78, 5) is 11.5. The molecule has 3 heteroatoms. The third kappa shape index (κ3) is 4.88. The second-order valence-corrected chi connectivity index (χ2v) is 5.63. The van der Waals surface area contributed by atoms with Crippen LogP contribution in [0.15, 0.2) is 24.3 Å². The molecule has 0 fully saturated rings. The highest BCUT2D eigenvalue weighted by molar-refractivity contribution is 5.76. The molecule has 0 atom stereocenters. The smallest absolute Gasteiger partial charge is 0.220 e. The first-order valence-electron chi connectivity index (χ1n) is 6.37. The molecule has 0 aliphatic carbocycles. The minimum absolute atomic E-state index is 0.0802. The molecule has 1 rings (SSSR count). The first-order valence-corrected chi connectivity index (χ1v) is 6.37. The van der Waals surface area contributed by atoms with Crippen molar-refractivity contribution in [3.63, 3.8) is 0 Å². The number of carbonyl (C=O) groups excluding carboxylic acids is 1. The standard InChI is InChI=1S/C15H23NO2/c1-11(2)9-14(17)16-10-12-5-7-13(8-6-12)15(3,4)18/h5-8,11,18H,9-10H2,1-4H3,(H,16,17). The predicted octanol–water partition coefficient (Wildman–Crippen LogP) is 2.58. The highest BCUT2D eigenvalue weighted by atomic mass is 16.3. The van der Waals surface area contributed by atoms with Crippen LogP contribution in [-0.4, -0.2) is 11.0 Å². The Balaban J connectivity index is 2.52. The van der Waals surface area contributed by atoms with Crippen molar-refractivity contribution in [2.24, 2.45) is 5.92 Å². The Hall–Kier alpha value is -1.35. The predicted molar refractivity (Wildman–Crippen MR) is 73.0 cm³/mol. The molecule has 0 saturated carbocycles. The Morgan fingerprint density at radius 2 is 1.83 bits per heavy atom. The van der Waals surface area contributed by atoms with E-state index >= 15 is 0 Å². The number of aliphatic hydroxyl groups is 1. The Morgan fingerprint density at radius 3 is 2.28 bits per heavy atom. The third-order valence-corrected chi connectivity index (χ3v) is 2.74. The summed E-state index contributed by atoms with van der Waals surface area (Å²) in [6.07, 6.45) is 0.557. The van der Waals surface area contributed by atoms with Crippen LogP contribution in [0.4, 0.5) is 0 Å². The molecule has 0 aliphatic heterocycles. The van der Waals surface area contributed by atoms with E-state index in [4.69, 9.17) is 0 Å². The van der Waals surface area contributed by atoms with Gasteiger partial charge in [-0.05, 0) is 30.9 Å². The van der Waals surface area contributed by atoms with E-state index in [1.807, 2.05) is 38.1 Å². The van der Waals surface area contributed by atoms with E-state index in [0.717, 1.165) is 11.1 Å². The fourth-order valence-electron chi connectivity index (χ4n) is 1.67. The van der Waals surface area contributed by atoms with Crippen LogP contribution in [0.2, 0.25) is 0 Å². The van der Waals surface area contributed by atoms with Gasteiger partial charge in [0.25, 0.3) is 0 Å². The fraction of sp³-hybridized carbons (Fsp3) is 0.533. The molecular formula is C15H23NO2. The summed E-state index contributed by atoms with van der Waals surface area (Å²) in [5.41, 5.74) is 1.10. The molecule has 2 N–H and O–H groups in total. The first kappa shape index (κ1) is 14.7. The van der Waals surface area contributed by atoms with Crippen molar-refractivity contribution >= 4 is 5.91 Å². The molecule has 0 aromatic heterocycles. The van der Waals surface area contributed by atoms with Gasteiger partial charge in [-0.1, -0.05) is 38.1 Å². The molecule has 0 radical (unpaired) electrons. The van der Waals surface area contributed by atoms with Crippen LogP contribution >= 0.6 is 0 Å². The molecule has 1 aromatic carbocycles. The molecule has 100 valence electrons. The van der Waals surface area contributed by atoms with E-state index < -0.39 is 5.60 Å². The quantitative estimate of drug-likeness (QED) is 0.842. The normalized spacial score (nSPS) is 11.7. The Bertz CT molecular complexity index is 388. The highest BCUT2D eigenvalue weighted by Gasteiger charge is 2.15. The van der Waals surface area contributed by atoms with Crippen LogP contribution in [0.1, 0.15) is 45.2 Å². The van der Waals surface area contributed by atoms with Crippen molar-refractivity contribution in [1.82, 2.24) is 5.32 Å². The van der Waals surface area contributed by atoms with Gasteiger partial charge in [-0.25, -0.2) is 0 Å². The number of amides is 1. The van der Waals surface area contributed by atoms with Gasteiger partial charge in [-0.3, -0.25) is 4.79 Å². The molecule has 0 spiro atoms. The largest absolute Gasteiger partial charge is 0.386 e. The van der Waals surface area contributed by atoms with Gasteiger partial charge < -0.3 is 10.4 Å². The SMILES string of the molecule is CC(C)CC(=O)NCc1ccc(C(C)(C)O)cc1. The molecule has 1 amide bonds. The maximum absolute atomic E-state index is 11.5. The summed E-state index contributed by atoms with van der Waals surface area (Å²) in [6, 6.07) is 7.65. The molecule has 0 aliphatic rings. The van der Waals surface area contributed by atoms with E-state index in [0.29, 0.717) is 18.9 Å². The number of hydrogen-bond acceptors (Lipinski definition) is 2. The van der Waals surface area contributed by atoms with Gasteiger partial charge in [-0.15, -0.1) is 0 Å². The Kier molecular flexibility index (Phi) is 4.91. The molecule has 0 heterocycles. The lowest BCUT2D eigenvalue weighted by molar-refractivity contribution is -0.121. The Labute approximate surface area is 109 Å². The number of nitrogens with one attached hydrogen (secondary N) is 1. The van der Waals surface area contributed by atoms with Crippen LogP contribution in [0.5, 0.6) is 0 Å². The summed E-state index contributed by atoms with van der Waals surface area (Å²) in [7, 11) is 0. The lowest BCUT2D eigenvalue weighted by atomic mass is 9.97. The second-order valence-electron chi connectivity index (χ2n) is 5.63. The lowest BCUT2D eigenvalue weighted by Crippen LogP contribution is -2.24. The summed E-state index contributed by atoms with van der Waals surface area (Å²) in [6.45, 7) is 8.10. The van der Waals surface area contributed by atoms with E-state index in [1.54, 1.807) is 13.8 Å². The number of carbonyl (C=O) groups is 1. The number of hydrogen-bond donors (Lipinski definition) is 2. The zero-order chi connectivity index (χ0) is 13.8. The van der Waals surface area contributed by atoms with Crippen molar-refractivity contribution in [3.8, 4) is 0 Å². The molecule has 0 saturated heterocycles. The van der Waals surface area contributed by atoms with Gasteiger partial charge in [-0.2, -0.15) is 0 Å². The van der Waals surface area contributed by atoms with Crippen LogP contribution < -0.4 is 5.32 Å². The average molecular weight is 249 g/mol. The summed E-state index contributed by atoms with van der Waals surface area (Å²) in [5, 5.41) is 12.7. The van der Waals surface area contributed by atoms with Crippen molar-refractivity contribution in [2.75, 3.05) is 0 Å². The third-order valence-electron chi connectivity index (χ3n) is 2.74. The maximum atomic E-state index is 11.5. The minimum atomic E-state index is -0.820. The maximum Gasteiger partial charge on any atom is 0.220 e. The van der Waals surface area contributed by atoms with E-state index in [-0.39, 0.29) is 5.91 Å². The minimum Gasteiger partial charge on any atom is -0.386 e. The van der Waals surface area contributed by atoms with Gasteiger partial charge >= 0.3 is 0 Å². The van der Waals surface area contributed by atoms with Crippen LogP contribution in [0.25, 0.3) is 0 Å². The molecule has 0 bridgehead atoms. The van der Waals surface area contributed by atoms with Crippen molar-refractivity contribution in [1.29, 1.82) is 0 Å². The van der Waals surface area contributed by atoms with Gasteiger partial charge in [0.05, 0.1) is 5.60 Å². The zero-order valence-corrected chi connectivity index (χ0v) is 11.7.